The predicted octanol–water partition coefficient (Wildman–Crippen LogP) is 4.00. The summed E-state index contributed by atoms with van der Waals surface area (Å²) in [5, 5.41) is 4.08. The summed E-state index contributed by atoms with van der Waals surface area (Å²) < 4.78 is 0.995. The van der Waals surface area contributed by atoms with Crippen LogP contribution in [0.4, 0.5) is 0 Å². The van der Waals surface area contributed by atoms with Gasteiger partial charge in [0.1, 0.15) is 0 Å². The highest BCUT2D eigenvalue weighted by molar-refractivity contribution is 9.10. The quantitative estimate of drug-likeness (QED) is 0.919. The Kier molecular flexibility index (Phi) is 4.75. The van der Waals surface area contributed by atoms with Gasteiger partial charge in [0, 0.05) is 27.9 Å². The molecule has 0 radical (unpaired) electrons. The monoisotopic (exact) mass is 324 g/mol. The van der Waals surface area contributed by atoms with Crippen LogP contribution in [0.5, 0.6) is 0 Å². The molecule has 1 aromatic carbocycles. The highest BCUT2D eigenvalue weighted by Gasteiger charge is 2.13. The summed E-state index contributed by atoms with van der Waals surface area (Å²) in [5.41, 5.74) is 2.35. The maximum absolute atomic E-state index is 6.29. The minimum Gasteiger partial charge on any atom is -0.313 e. The van der Waals surface area contributed by atoms with Gasteiger partial charge in [-0.25, -0.2) is 0 Å². The second-order valence-corrected chi connectivity index (χ2v) is 5.39. The van der Waals surface area contributed by atoms with E-state index in [0.29, 0.717) is 0 Å². The molecule has 0 amide bonds. The van der Waals surface area contributed by atoms with Crippen LogP contribution in [0.15, 0.2) is 47.2 Å². The largest absolute Gasteiger partial charge is 0.313 e. The number of rotatable bonds is 4. The fourth-order valence-electron chi connectivity index (χ4n) is 1.91. The lowest BCUT2D eigenvalue weighted by Crippen LogP contribution is -2.19. The third-order valence-electron chi connectivity index (χ3n) is 2.88. The van der Waals surface area contributed by atoms with Crippen molar-refractivity contribution in [3.63, 3.8) is 0 Å². The molecule has 0 bridgehead atoms. The summed E-state index contributed by atoms with van der Waals surface area (Å²) in [5.74, 6) is 0. The molecule has 1 aromatic heterocycles. The molecule has 1 unspecified atom stereocenters. The first-order chi connectivity index (χ1) is 8.70. The second-order valence-electron chi connectivity index (χ2n) is 4.07. The molecule has 18 heavy (non-hydrogen) atoms. The van der Waals surface area contributed by atoms with Gasteiger partial charge in [0.25, 0.3) is 0 Å². The van der Waals surface area contributed by atoms with Crippen LogP contribution in [-0.4, -0.2) is 12.0 Å². The van der Waals surface area contributed by atoms with Crippen LogP contribution in [0.2, 0.25) is 5.02 Å². The van der Waals surface area contributed by atoms with Crippen molar-refractivity contribution in [1.82, 2.24) is 10.3 Å². The van der Waals surface area contributed by atoms with Gasteiger partial charge in [-0.05, 0) is 48.9 Å². The van der Waals surface area contributed by atoms with Crippen molar-refractivity contribution < 1.29 is 0 Å². The maximum Gasteiger partial charge on any atom is 0.0465 e. The fraction of sp³-hybridized carbons (Fsp3) is 0.214. The van der Waals surface area contributed by atoms with Gasteiger partial charge in [-0.15, -0.1) is 0 Å². The lowest BCUT2D eigenvalue weighted by atomic mass is 10.00. The highest BCUT2D eigenvalue weighted by atomic mass is 79.9. The molecule has 1 N–H and O–H groups in total. The second kappa shape index (κ2) is 6.32. The van der Waals surface area contributed by atoms with Gasteiger partial charge >= 0.3 is 0 Å². The van der Waals surface area contributed by atoms with Crippen LogP contribution < -0.4 is 5.32 Å². The number of pyridine rings is 1. The molecule has 0 saturated carbocycles. The van der Waals surface area contributed by atoms with Crippen molar-refractivity contribution in [3.8, 4) is 0 Å². The smallest absolute Gasteiger partial charge is 0.0465 e. The number of aromatic nitrogens is 1. The van der Waals surface area contributed by atoms with Crippen molar-refractivity contribution in [2.24, 2.45) is 0 Å². The lowest BCUT2D eigenvalue weighted by Gasteiger charge is -2.18. The van der Waals surface area contributed by atoms with E-state index in [-0.39, 0.29) is 6.04 Å². The molecule has 1 heterocycles. The Labute approximate surface area is 121 Å². The summed E-state index contributed by atoms with van der Waals surface area (Å²) in [4.78, 5) is 4.03. The fourth-order valence-corrected chi connectivity index (χ4v) is 2.71. The molecule has 0 saturated heterocycles. The summed E-state index contributed by atoms with van der Waals surface area (Å²) in [7, 11) is 1.95. The van der Waals surface area contributed by atoms with Crippen molar-refractivity contribution >= 4 is 27.5 Å². The molecule has 0 spiro atoms. The van der Waals surface area contributed by atoms with E-state index in [1.807, 2.05) is 43.7 Å². The molecule has 1 atom stereocenters. The van der Waals surface area contributed by atoms with Gasteiger partial charge in [0.2, 0.25) is 0 Å². The normalized spacial score (nSPS) is 12.4. The molecule has 0 aliphatic heterocycles. The van der Waals surface area contributed by atoms with Crippen LogP contribution in [0, 0.1) is 0 Å². The number of nitrogens with one attached hydrogen (secondary N) is 1. The number of likely N-dealkylation sites (N-methyl/N-ethyl adjacent to an activating group) is 1. The molecule has 2 nitrogen and oxygen atoms in total. The molecule has 2 aromatic rings. The summed E-state index contributed by atoms with van der Waals surface area (Å²) >= 11 is 9.71. The molecule has 0 aliphatic rings. The Morgan fingerprint density at radius 3 is 2.61 bits per heavy atom. The van der Waals surface area contributed by atoms with Crippen LogP contribution in [0.25, 0.3) is 0 Å². The van der Waals surface area contributed by atoms with Crippen LogP contribution in [0.1, 0.15) is 17.2 Å². The number of hydrogen-bond acceptors (Lipinski definition) is 2. The van der Waals surface area contributed by atoms with E-state index in [0.717, 1.165) is 21.5 Å². The van der Waals surface area contributed by atoms with E-state index in [1.54, 1.807) is 0 Å². The van der Waals surface area contributed by atoms with Gasteiger partial charge in [0.05, 0.1) is 0 Å². The number of benzene rings is 1. The molecule has 0 aliphatic carbocycles. The van der Waals surface area contributed by atoms with Gasteiger partial charge in [-0.3, -0.25) is 4.98 Å². The molecular formula is C14H14BrClN2. The van der Waals surface area contributed by atoms with Crippen molar-refractivity contribution in [2.45, 2.75) is 12.5 Å². The van der Waals surface area contributed by atoms with Gasteiger partial charge in [-0.1, -0.05) is 33.6 Å². The van der Waals surface area contributed by atoms with E-state index in [1.165, 1.54) is 5.56 Å². The van der Waals surface area contributed by atoms with E-state index in [4.69, 9.17) is 11.6 Å². The van der Waals surface area contributed by atoms with Crippen LogP contribution >= 0.6 is 27.5 Å². The van der Waals surface area contributed by atoms with Crippen LogP contribution in [0.3, 0.4) is 0 Å². The molecule has 0 fully saturated rings. The molecule has 4 heteroatoms. The number of hydrogen-bond donors (Lipinski definition) is 1. The van der Waals surface area contributed by atoms with Crippen molar-refractivity contribution in [2.75, 3.05) is 7.05 Å². The molecule has 2 rings (SSSR count). The Morgan fingerprint density at radius 1 is 1.28 bits per heavy atom. The first kappa shape index (κ1) is 13.5. The summed E-state index contributed by atoms with van der Waals surface area (Å²) in [6.07, 6.45) is 4.51. The minimum absolute atomic E-state index is 0.202. The molecular weight excluding hydrogens is 312 g/mol. The van der Waals surface area contributed by atoms with Gasteiger partial charge < -0.3 is 5.32 Å². The first-order valence-corrected chi connectivity index (χ1v) is 6.89. The summed E-state index contributed by atoms with van der Waals surface area (Å²) in [6.45, 7) is 0. The third-order valence-corrected chi connectivity index (χ3v) is 3.70. The van der Waals surface area contributed by atoms with Crippen molar-refractivity contribution in [1.29, 1.82) is 0 Å². The van der Waals surface area contributed by atoms with E-state index < -0.39 is 0 Å². The van der Waals surface area contributed by atoms with Crippen LogP contribution in [-0.2, 0) is 6.42 Å². The highest BCUT2D eigenvalue weighted by Crippen LogP contribution is 2.28. The first-order valence-electron chi connectivity index (χ1n) is 5.72. The third kappa shape index (κ3) is 3.31. The lowest BCUT2D eigenvalue weighted by molar-refractivity contribution is 0.592. The van der Waals surface area contributed by atoms with E-state index >= 15 is 0 Å². The number of nitrogens with zero attached hydrogens (tertiary/aromatic N) is 1. The Balaban J connectivity index is 2.23. The zero-order valence-corrected chi connectivity index (χ0v) is 12.4. The van der Waals surface area contributed by atoms with E-state index in [9.17, 15) is 0 Å². The molecule has 94 valence electrons. The summed E-state index contributed by atoms with van der Waals surface area (Å²) in [6, 6.07) is 10.2. The number of halogens is 2. The topological polar surface area (TPSA) is 24.9 Å². The van der Waals surface area contributed by atoms with E-state index in [2.05, 4.69) is 32.3 Å². The average molecular weight is 326 g/mol. The SMILES string of the molecule is CNC(Cc1ccncc1)c1ccc(Br)cc1Cl. The Bertz CT molecular complexity index is 516. The average Bonchev–Trinajstić information content (AvgIpc) is 2.38. The Hall–Kier alpha value is -0.900. The maximum atomic E-state index is 6.29. The predicted molar refractivity (Wildman–Crippen MR) is 78.9 cm³/mol. The Morgan fingerprint density at radius 2 is 2.00 bits per heavy atom. The van der Waals surface area contributed by atoms with Gasteiger partial charge in [-0.2, -0.15) is 0 Å². The zero-order valence-electron chi connectivity index (χ0n) is 10.0. The zero-order chi connectivity index (χ0) is 13.0. The standard InChI is InChI=1S/C14H14BrClN2/c1-17-14(8-10-4-6-18-7-5-10)12-3-2-11(15)9-13(12)16/h2-7,9,14,17H,8H2,1H3. The van der Waals surface area contributed by atoms with Crippen molar-refractivity contribution in [3.05, 3.63) is 63.3 Å². The minimum atomic E-state index is 0.202. The van der Waals surface area contributed by atoms with Gasteiger partial charge in [0.15, 0.2) is 0 Å².